The molecule has 0 aromatic carbocycles. The number of hydrogen-bond donors (Lipinski definition) is 0. The van der Waals surface area contributed by atoms with Crippen LogP contribution in [-0.4, -0.2) is 48.9 Å². The van der Waals surface area contributed by atoms with Crippen LogP contribution in [0.25, 0.3) is 0 Å². The number of ether oxygens (including phenoxy) is 3. The van der Waals surface area contributed by atoms with E-state index in [9.17, 15) is 4.79 Å². The second-order valence-corrected chi connectivity index (χ2v) is 3.38. The average molecular weight is 243 g/mol. The molecule has 1 aromatic rings. The Morgan fingerprint density at radius 2 is 2.06 bits per heavy atom. The molecule has 0 atom stereocenters. The lowest BCUT2D eigenvalue weighted by Gasteiger charge is -2.06. The number of carbonyl (C=O) groups excluding carboxylic acids is 1. The summed E-state index contributed by atoms with van der Waals surface area (Å²) in [6, 6.07) is 0. The van der Waals surface area contributed by atoms with Crippen LogP contribution in [0.5, 0.6) is 0 Å². The lowest BCUT2D eigenvalue weighted by atomic mass is 10.3. The third-order valence-electron chi connectivity index (χ3n) is 2.22. The zero-order valence-corrected chi connectivity index (χ0v) is 10.3. The van der Waals surface area contributed by atoms with Crippen LogP contribution < -0.4 is 0 Å². The van der Waals surface area contributed by atoms with Gasteiger partial charge >= 0.3 is 5.97 Å². The smallest absolute Gasteiger partial charge is 0.360 e. The Labute approximate surface area is 99.6 Å². The number of methoxy groups -OCH3 is 3. The maximum absolute atomic E-state index is 11.4. The fraction of sp³-hybridized carbons (Fsp3) is 0.700. The fourth-order valence-corrected chi connectivity index (χ4v) is 1.41. The number of aryl methyl sites for hydroxylation is 1. The van der Waals surface area contributed by atoms with Crippen LogP contribution in [-0.2, 0) is 27.4 Å². The summed E-state index contributed by atoms with van der Waals surface area (Å²) in [6.45, 7) is 1.51. The van der Waals surface area contributed by atoms with E-state index >= 15 is 0 Å². The quantitative estimate of drug-likeness (QED) is 0.504. The maximum atomic E-state index is 11.4. The van der Waals surface area contributed by atoms with Crippen LogP contribution >= 0.6 is 0 Å². The molecule has 0 unspecified atom stereocenters. The molecule has 0 amide bonds. The van der Waals surface area contributed by atoms with E-state index in [1.165, 1.54) is 7.11 Å². The normalized spacial score (nSPS) is 10.5. The SMILES string of the molecule is COCCCn1nnc(C(=O)OC)c1COC. The van der Waals surface area contributed by atoms with Crippen molar-refractivity contribution in [2.24, 2.45) is 0 Å². The molecule has 0 aliphatic heterocycles. The lowest BCUT2D eigenvalue weighted by molar-refractivity contribution is 0.0588. The van der Waals surface area contributed by atoms with E-state index < -0.39 is 5.97 Å². The molecule has 0 saturated carbocycles. The summed E-state index contributed by atoms with van der Waals surface area (Å²) in [5, 5.41) is 7.71. The van der Waals surface area contributed by atoms with Crippen LogP contribution in [0.2, 0.25) is 0 Å². The van der Waals surface area contributed by atoms with Crippen LogP contribution in [0.4, 0.5) is 0 Å². The van der Waals surface area contributed by atoms with Crippen molar-refractivity contribution in [1.29, 1.82) is 0 Å². The molecule has 0 radical (unpaired) electrons. The number of esters is 1. The average Bonchev–Trinajstić information content (AvgIpc) is 2.73. The van der Waals surface area contributed by atoms with Gasteiger partial charge in [0.25, 0.3) is 0 Å². The summed E-state index contributed by atoms with van der Waals surface area (Å²) in [7, 11) is 4.49. The number of rotatable bonds is 7. The predicted octanol–water partition coefficient (Wildman–Crippen LogP) is 0.248. The molecule has 0 aliphatic carbocycles. The number of aromatic nitrogens is 3. The summed E-state index contributed by atoms with van der Waals surface area (Å²) in [4.78, 5) is 11.4. The first kappa shape index (κ1) is 13.6. The van der Waals surface area contributed by atoms with Gasteiger partial charge in [0.2, 0.25) is 0 Å². The zero-order valence-electron chi connectivity index (χ0n) is 10.3. The van der Waals surface area contributed by atoms with Crippen molar-refractivity contribution in [2.75, 3.05) is 27.9 Å². The van der Waals surface area contributed by atoms with Crippen molar-refractivity contribution >= 4 is 5.97 Å². The summed E-state index contributed by atoms with van der Waals surface area (Å²) in [6.07, 6.45) is 0.789. The molecular formula is C10H17N3O4. The summed E-state index contributed by atoms with van der Waals surface area (Å²) >= 11 is 0. The molecule has 0 bridgehead atoms. The standard InChI is InChI=1S/C10H17N3O4/c1-15-6-4-5-13-8(7-16-2)9(11-12-13)10(14)17-3/h4-7H2,1-3H3. The summed E-state index contributed by atoms with van der Waals surface area (Å²) in [5.41, 5.74) is 0.821. The molecule has 96 valence electrons. The molecule has 7 nitrogen and oxygen atoms in total. The largest absolute Gasteiger partial charge is 0.464 e. The minimum Gasteiger partial charge on any atom is -0.464 e. The molecule has 0 fully saturated rings. The third kappa shape index (κ3) is 3.50. The fourth-order valence-electron chi connectivity index (χ4n) is 1.41. The molecule has 17 heavy (non-hydrogen) atoms. The number of nitrogens with zero attached hydrogens (tertiary/aromatic N) is 3. The monoisotopic (exact) mass is 243 g/mol. The van der Waals surface area contributed by atoms with Gasteiger partial charge in [-0.15, -0.1) is 5.10 Å². The Kier molecular flexibility index (Phi) is 5.58. The van der Waals surface area contributed by atoms with Gasteiger partial charge in [0, 0.05) is 27.4 Å². The van der Waals surface area contributed by atoms with Crippen molar-refractivity contribution < 1.29 is 19.0 Å². The highest BCUT2D eigenvalue weighted by Crippen LogP contribution is 2.09. The molecule has 1 heterocycles. The first-order valence-corrected chi connectivity index (χ1v) is 5.23. The number of hydrogen-bond acceptors (Lipinski definition) is 6. The minimum atomic E-state index is -0.505. The molecule has 1 aromatic heterocycles. The van der Waals surface area contributed by atoms with Gasteiger partial charge in [0.05, 0.1) is 19.4 Å². The van der Waals surface area contributed by atoms with E-state index in [4.69, 9.17) is 9.47 Å². The molecule has 0 spiro atoms. The molecule has 1 rings (SSSR count). The Balaban J connectivity index is 2.82. The van der Waals surface area contributed by atoms with Gasteiger partial charge in [0.1, 0.15) is 0 Å². The van der Waals surface area contributed by atoms with Gasteiger partial charge in [-0.3, -0.25) is 0 Å². The first-order chi connectivity index (χ1) is 8.24. The highest BCUT2D eigenvalue weighted by atomic mass is 16.5. The van der Waals surface area contributed by atoms with E-state index in [-0.39, 0.29) is 12.3 Å². The van der Waals surface area contributed by atoms with Gasteiger partial charge in [0.15, 0.2) is 5.69 Å². The van der Waals surface area contributed by atoms with E-state index in [1.807, 2.05) is 0 Å². The van der Waals surface area contributed by atoms with Crippen LogP contribution in [0, 0.1) is 0 Å². The second kappa shape index (κ2) is 6.97. The lowest BCUT2D eigenvalue weighted by Crippen LogP contribution is -2.11. The van der Waals surface area contributed by atoms with Crippen molar-refractivity contribution in [3.63, 3.8) is 0 Å². The molecular weight excluding hydrogens is 226 g/mol. The van der Waals surface area contributed by atoms with E-state index in [0.29, 0.717) is 18.8 Å². The van der Waals surface area contributed by atoms with Crippen molar-refractivity contribution in [3.8, 4) is 0 Å². The van der Waals surface area contributed by atoms with Crippen molar-refractivity contribution in [3.05, 3.63) is 11.4 Å². The Hall–Kier alpha value is -1.47. The zero-order chi connectivity index (χ0) is 12.7. The third-order valence-corrected chi connectivity index (χ3v) is 2.22. The summed E-state index contributed by atoms with van der Waals surface area (Å²) < 4.78 is 16.2. The predicted molar refractivity (Wildman–Crippen MR) is 58.6 cm³/mol. The van der Waals surface area contributed by atoms with Gasteiger partial charge in [-0.2, -0.15) is 0 Å². The van der Waals surface area contributed by atoms with Gasteiger partial charge < -0.3 is 14.2 Å². The first-order valence-electron chi connectivity index (χ1n) is 5.23. The Morgan fingerprint density at radius 1 is 1.29 bits per heavy atom. The topological polar surface area (TPSA) is 75.5 Å². The molecule has 0 N–H and O–H groups in total. The van der Waals surface area contributed by atoms with E-state index in [0.717, 1.165) is 6.42 Å². The highest BCUT2D eigenvalue weighted by molar-refractivity contribution is 5.88. The molecule has 0 saturated heterocycles. The van der Waals surface area contributed by atoms with Crippen LogP contribution in [0.3, 0.4) is 0 Å². The van der Waals surface area contributed by atoms with Gasteiger partial charge in [-0.25, -0.2) is 9.48 Å². The van der Waals surface area contributed by atoms with Gasteiger partial charge in [-0.1, -0.05) is 5.21 Å². The highest BCUT2D eigenvalue weighted by Gasteiger charge is 2.19. The Bertz CT molecular complexity index is 364. The molecule has 7 heteroatoms. The van der Waals surface area contributed by atoms with Crippen molar-refractivity contribution in [2.45, 2.75) is 19.6 Å². The van der Waals surface area contributed by atoms with Crippen LogP contribution in [0.15, 0.2) is 0 Å². The van der Waals surface area contributed by atoms with Crippen molar-refractivity contribution in [1.82, 2.24) is 15.0 Å². The van der Waals surface area contributed by atoms with Crippen LogP contribution in [0.1, 0.15) is 22.6 Å². The number of carbonyl (C=O) groups is 1. The Morgan fingerprint density at radius 3 is 2.65 bits per heavy atom. The van der Waals surface area contributed by atoms with E-state index in [2.05, 4.69) is 15.0 Å². The van der Waals surface area contributed by atoms with E-state index in [1.54, 1.807) is 18.9 Å². The van der Waals surface area contributed by atoms with Gasteiger partial charge in [-0.05, 0) is 6.42 Å². The second-order valence-electron chi connectivity index (χ2n) is 3.38. The minimum absolute atomic E-state index is 0.201. The summed E-state index contributed by atoms with van der Waals surface area (Å²) in [5.74, 6) is -0.505. The maximum Gasteiger partial charge on any atom is 0.360 e. The molecule has 0 aliphatic rings.